The Morgan fingerprint density at radius 3 is 2.38 bits per heavy atom. The molecule has 0 radical (unpaired) electrons. The summed E-state index contributed by atoms with van der Waals surface area (Å²) in [5, 5.41) is 3.41. The Bertz CT molecular complexity index is 635. The molecule has 29 heavy (non-hydrogen) atoms. The molecule has 1 heterocycles. The molecular weight excluding hydrogens is 356 g/mol. The minimum absolute atomic E-state index is 0.133. The van der Waals surface area contributed by atoms with Crippen LogP contribution in [0.3, 0.4) is 0 Å². The molecule has 4 rings (SSSR count). The topological polar surface area (TPSA) is 41.5 Å². The monoisotopic (exact) mass is 398 g/mol. The van der Waals surface area contributed by atoms with Crippen molar-refractivity contribution in [3.63, 3.8) is 0 Å². The van der Waals surface area contributed by atoms with Crippen LogP contribution in [0.25, 0.3) is 0 Å². The van der Waals surface area contributed by atoms with Gasteiger partial charge in [0.25, 0.3) is 5.91 Å². The molecule has 1 N–H and O–H groups in total. The van der Waals surface area contributed by atoms with Crippen molar-refractivity contribution in [1.29, 1.82) is 0 Å². The van der Waals surface area contributed by atoms with Gasteiger partial charge in [-0.2, -0.15) is 0 Å². The van der Waals surface area contributed by atoms with Gasteiger partial charge >= 0.3 is 0 Å². The summed E-state index contributed by atoms with van der Waals surface area (Å²) in [5.41, 5.74) is 3.72. The van der Waals surface area contributed by atoms with Crippen molar-refractivity contribution in [2.45, 2.75) is 122 Å². The molecule has 0 saturated heterocycles. The van der Waals surface area contributed by atoms with Crippen LogP contribution < -0.4 is 5.32 Å². The smallest absolute Gasteiger partial charge is 0.269 e. The predicted molar refractivity (Wildman–Crippen MR) is 121 cm³/mol. The maximum atomic E-state index is 13.5. The number of allylic oxidation sites excluding steroid dienone is 1. The molecule has 2 atom stereocenters. The van der Waals surface area contributed by atoms with Crippen molar-refractivity contribution in [2.75, 3.05) is 0 Å². The van der Waals surface area contributed by atoms with Gasteiger partial charge in [-0.05, 0) is 94.5 Å². The zero-order chi connectivity index (χ0) is 20.2. The fraction of sp³-hybridized carbons (Fsp3) is 0.846. The molecule has 0 aromatic carbocycles. The van der Waals surface area contributed by atoms with Crippen LogP contribution >= 0.6 is 0 Å². The summed E-state index contributed by atoms with van der Waals surface area (Å²) in [6.45, 7) is 4.59. The number of hydrogen-bond donors (Lipinski definition) is 1. The average Bonchev–Trinajstić information content (AvgIpc) is 2.95. The van der Waals surface area contributed by atoms with Crippen LogP contribution in [0, 0.1) is 17.8 Å². The third kappa shape index (κ3) is 5.14. The number of rotatable bonds is 4. The Labute approximate surface area is 178 Å². The van der Waals surface area contributed by atoms with E-state index in [1.165, 1.54) is 89.0 Å². The molecule has 0 aromatic rings. The van der Waals surface area contributed by atoms with Crippen molar-refractivity contribution < 1.29 is 4.79 Å². The lowest BCUT2D eigenvalue weighted by molar-refractivity contribution is -0.115. The largest absolute Gasteiger partial charge is 0.348 e. The van der Waals surface area contributed by atoms with Crippen molar-refractivity contribution >= 4 is 11.6 Å². The van der Waals surface area contributed by atoms with Gasteiger partial charge in [0.2, 0.25) is 0 Å². The third-order valence-corrected chi connectivity index (χ3v) is 8.44. The molecule has 2 unspecified atom stereocenters. The summed E-state index contributed by atoms with van der Waals surface area (Å²) >= 11 is 0. The van der Waals surface area contributed by atoms with Gasteiger partial charge in [0, 0.05) is 6.04 Å². The van der Waals surface area contributed by atoms with E-state index in [9.17, 15) is 4.79 Å². The second kappa shape index (κ2) is 9.79. The molecule has 2 fully saturated rings. The first-order chi connectivity index (χ1) is 14.1. The van der Waals surface area contributed by atoms with E-state index in [0.717, 1.165) is 24.5 Å². The minimum atomic E-state index is 0.133. The first-order valence-electron chi connectivity index (χ1n) is 12.7. The lowest BCUT2D eigenvalue weighted by Gasteiger charge is -2.31. The zero-order valence-electron chi connectivity index (χ0n) is 18.8. The first-order valence-corrected chi connectivity index (χ1v) is 12.7. The van der Waals surface area contributed by atoms with Crippen LogP contribution in [-0.2, 0) is 4.79 Å². The predicted octanol–water partition coefficient (Wildman–Crippen LogP) is 6.37. The average molecular weight is 399 g/mol. The van der Waals surface area contributed by atoms with Crippen LogP contribution in [0.4, 0.5) is 0 Å². The zero-order valence-corrected chi connectivity index (χ0v) is 18.8. The molecule has 2 saturated carbocycles. The highest BCUT2D eigenvalue weighted by Gasteiger charge is 2.32. The van der Waals surface area contributed by atoms with E-state index in [0.29, 0.717) is 17.9 Å². The van der Waals surface area contributed by atoms with Crippen LogP contribution in [0.15, 0.2) is 16.1 Å². The highest BCUT2D eigenvalue weighted by molar-refractivity contribution is 6.45. The van der Waals surface area contributed by atoms with E-state index in [2.05, 4.69) is 19.2 Å². The molecule has 3 heteroatoms. The van der Waals surface area contributed by atoms with E-state index in [4.69, 9.17) is 4.99 Å². The Balaban J connectivity index is 1.50. The van der Waals surface area contributed by atoms with Gasteiger partial charge in [-0.1, -0.05) is 44.6 Å². The molecule has 1 aliphatic heterocycles. The summed E-state index contributed by atoms with van der Waals surface area (Å²) in [6.07, 6.45) is 18.9. The van der Waals surface area contributed by atoms with Gasteiger partial charge in [0.1, 0.15) is 5.71 Å². The number of amides is 1. The highest BCUT2D eigenvalue weighted by atomic mass is 16.2. The molecule has 4 aliphatic rings. The van der Waals surface area contributed by atoms with E-state index in [-0.39, 0.29) is 11.9 Å². The highest BCUT2D eigenvalue weighted by Crippen LogP contribution is 2.37. The molecule has 0 spiro atoms. The Morgan fingerprint density at radius 2 is 1.62 bits per heavy atom. The summed E-state index contributed by atoms with van der Waals surface area (Å²) in [7, 11) is 0. The summed E-state index contributed by atoms with van der Waals surface area (Å²) in [6, 6.07) is 0.634. The number of carbonyl (C=O) groups is 1. The molecule has 0 aromatic heterocycles. The van der Waals surface area contributed by atoms with Crippen LogP contribution in [0.1, 0.15) is 110 Å². The van der Waals surface area contributed by atoms with E-state index >= 15 is 0 Å². The quantitative estimate of drug-likeness (QED) is 0.587. The summed E-state index contributed by atoms with van der Waals surface area (Å²) in [4.78, 5) is 18.7. The van der Waals surface area contributed by atoms with Gasteiger partial charge in [-0.15, -0.1) is 0 Å². The molecule has 1 amide bonds. The number of aliphatic imine (C=N–C) groups is 1. The fourth-order valence-corrected chi connectivity index (χ4v) is 6.39. The Hall–Kier alpha value is -1.12. The van der Waals surface area contributed by atoms with Crippen molar-refractivity contribution in [3.05, 3.63) is 11.1 Å². The van der Waals surface area contributed by atoms with Gasteiger partial charge in [0.15, 0.2) is 0 Å². The standard InChI is InChI=1S/C26H42N2O/c1-18-12-14-20(15-13-18)19(2)27-26(29)25-23-11-7-6-8-21(23)16-17-24(28-25)22-9-4-3-5-10-22/h18-20,22,24H,3-17H2,1-2H3,(H,27,29). The fourth-order valence-electron chi connectivity index (χ4n) is 6.39. The van der Waals surface area contributed by atoms with E-state index in [1.807, 2.05) is 0 Å². The molecule has 0 bridgehead atoms. The molecule has 3 nitrogen and oxygen atoms in total. The number of carbonyl (C=O) groups excluding carboxylic acids is 1. The molecule has 162 valence electrons. The first kappa shape index (κ1) is 21.1. The van der Waals surface area contributed by atoms with E-state index < -0.39 is 0 Å². The Morgan fingerprint density at radius 1 is 0.897 bits per heavy atom. The Kier molecular flexibility index (Phi) is 7.13. The van der Waals surface area contributed by atoms with Crippen LogP contribution in [0.5, 0.6) is 0 Å². The molecule has 3 aliphatic carbocycles. The van der Waals surface area contributed by atoms with Crippen LogP contribution in [-0.4, -0.2) is 23.7 Å². The van der Waals surface area contributed by atoms with Crippen molar-refractivity contribution in [1.82, 2.24) is 5.32 Å². The third-order valence-electron chi connectivity index (χ3n) is 8.44. The van der Waals surface area contributed by atoms with Crippen molar-refractivity contribution in [2.24, 2.45) is 22.7 Å². The van der Waals surface area contributed by atoms with Gasteiger partial charge in [0.05, 0.1) is 6.04 Å². The normalized spacial score (nSPS) is 32.8. The van der Waals surface area contributed by atoms with Gasteiger partial charge in [-0.25, -0.2) is 0 Å². The van der Waals surface area contributed by atoms with Gasteiger partial charge in [-0.3, -0.25) is 9.79 Å². The lowest BCUT2D eigenvalue weighted by atomic mass is 9.79. The van der Waals surface area contributed by atoms with Crippen LogP contribution in [0.2, 0.25) is 0 Å². The molecular formula is C26H42N2O. The maximum absolute atomic E-state index is 13.5. The summed E-state index contributed by atoms with van der Waals surface area (Å²) in [5.74, 6) is 2.32. The minimum Gasteiger partial charge on any atom is -0.348 e. The van der Waals surface area contributed by atoms with E-state index in [1.54, 1.807) is 5.57 Å². The second-order valence-corrected chi connectivity index (χ2v) is 10.6. The van der Waals surface area contributed by atoms with Gasteiger partial charge < -0.3 is 5.32 Å². The lowest BCUT2D eigenvalue weighted by Crippen LogP contribution is -2.43. The summed E-state index contributed by atoms with van der Waals surface area (Å²) < 4.78 is 0. The number of hydrogen-bond acceptors (Lipinski definition) is 2. The second-order valence-electron chi connectivity index (χ2n) is 10.6. The number of nitrogens with zero attached hydrogens (tertiary/aromatic N) is 1. The maximum Gasteiger partial charge on any atom is 0.269 e. The van der Waals surface area contributed by atoms with Crippen molar-refractivity contribution in [3.8, 4) is 0 Å². The SMILES string of the molecule is CC1CCC(C(C)NC(=O)C2=NC(C3CCCCC3)CCC3=C2CCCC3)CC1. The number of nitrogens with one attached hydrogen (secondary N) is 1.